The molecule has 0 fully saturated rings. The van der Waals surface area contributed by atoms with E-state index >= 15 is 0 Å². The van der Waals surface area contributed by atoms with Gasteiger partial charge in [-0.05, 0) is 13.8 Å². The molecule has 3 nitrogen and oxygen atoms in total. The van der Waals surface area contributed by atoms with E-state index in [2.05, 4.69) is 9.97 Å². The highest BCUT2D eigenvalue weighted by Crippen LogP contribution is 2.10. The van der Waals surface area contributed by atoms with Crippen LogP contribution in [0.15, 0.2) is 12.4 Å². The maximum atomic E-state index is 5.84. The first-order valence-corrected chi connectivity index (χ1v) is 4.73. The average molecular weight is 201 g/mol. The third-order valence-electron chi connectivity index (χ3n) is 1.48. The largest absolute Gasteiger partial charge is 0.478 e. The van der Waals surface area contributed by atoms with Crippen LogP contribution in [0.2, 0.25) is 0 Å². The normalized spacial score (nSPS) is 12.5. The van der Waals surface area contributed by atoms with E-state index in [0.29, 0.717) is 12.5 Å². The SMILES string of the molecule is CCOc1cc(CC(C)Cl)ncn1. The monoisotopic (exact) mass is 200 g/mol. The van der Waals surface area contributed by atoms with Crippen molar-refractivity contribution >= 4 is 11.6 Å². The van der Waals surface area contributed by atoms with Gasteiger partial charge in [-0.1, -0.05) is 0 Å². The van der Waals surface area contributed by atoms with E-state index in [0.717, 1.165) is 12.1 Å². The van der Waals surface area contributed by atoms with Crippen LogP contribution in [0.5, 0.6) is 5.88 Å². The Kier molecular flexibility index (Phi) is 3.96. The fourth-order valence-electron chi connectivity index (χ4n) is 1.00. The number of halogens is 1. The maximum absolute atomic E-state index is 5.84. The van der Waals surface area contributed by atoms with Gasteiger partial charge in [-0.25, -0.2) is 9.97 Å². The predicted octanol–water partition coefficient (Wildman–Crippen LogP) is 2.05. The lowest BCUT2D eigenvalue weighted by atomic mass is 10.2. The summed E-state index contributed by atoms with van der Waals surface area (Å²) in [5, 5.41) is 0.0874. The van der Waals surface area contributed by atoms with E-state index in [1.54, 1.807) is 0 Å². The minimum atomic E-state index is 0.0874. The maximum Gasteiger partial charge on any atom is 0.216 e. The summed E-state index contributed by atoms with van der Waals surface area (Å²) in [5.41, 5.74) is 0.918. The number of ether oxygens (including phenoxy) is 1. The fraction of sp³-hybridized carbons (Fsp3) is 0.556. The van der Waals surface area contributed by atoms with Gasteiger partial charge in [-0.3, -0.25) is 0 Å². The number of rotatable bonds is 4. The highest BCUT2D eigenvalue weighted by Gasteiger charge is 2.02. The van der Waals surface area contributed by atoms with Gasteiger partial charge in [0.1, 0.15) is 6.33 Å². The summed E-state index contributed by atoms with van der Waals surface area (Å²) in [4.78, 5) is 8.05. The standard InChI is InChI=1S/C9H13ClN2O/c1-3-13-9-5-8(4-7(2)10)11-6-12-9/h5-7H,3-4H2,1-2H3. The van der Waals surface area contributed by atoms with Gasteiger partial charge in [-0.15, -0.1) is 11.6 Å². The van der Waals surface area contributed by atoms with Crippen LogP contribution in [-0.2, 0) is 6.42 Å². The lowest BCUT2D eigenvalue weighted by molar-refractivity contribution is 0.325. The van der Waals surface area contributed by atoms with E-state index in [1.807, 2.05) is 19.9 Å². The first-order valence-electron chi connectivity index (χ1n) is 4.30. The molecule has 1 rings (SSSR count). The second kappa shape index (κ2) is 5.02. The molecule has 0 N–H and O–H groups in total. The van der Waals surface area contributed by atoms with Crippen LogP contribution in [0.1, 0.15) is 19.5 Å². The molecule has 1 atom stereocenters. The smallest absolute Gasteiger partial charge is 0.216 e. The number of nitrogens with zero attached hydrogens (tertiary/aromatic N) is 2. The number of alkyl halides is 1. The molecule has 1 aromatic heterocycles. The number of hydrogen-bond acceptors (Lipinski definition) is 3. The number of hydrogen-bond donors (Lipinski definition) is 0. The summed E-state index contributed by atoms with van der Waals surface area (Å²) in [6.45, 7) is 4.48. The summed E-state index contributed by atoms with van der Waals surface area (Å²) in [7, 11) is 0. The van der Waals surface area contributed by atoms with Crippen molar-refractivity contribution in [3.63, 3.8) is 0 Å². The van der Waals surface area contributed by atoms with Crippen LogP contribution in [0.25, 0.3) is 0 Å². The Bertz CT molecular complexity index is 266. The highest BCUT2D eigenvalue weighted by atomic mass is 35.5. The van der Waals surface area contributed by atoms with Crippen LogP contribution < -0.4 is 4.74 Å². The fourth-order valence-corrected chi connectivity index (χ4v) is 1.16. The van der Waals surface area contributed by atoms with E-state index in [1.165, 1.54) is 6.33 Å². The van der Waals surface area contributed by atoms with Gasteiger partial charge in [0.25, 0.3) is 0 Å². The third kappa shape index (κ3) is 3.59. The topological polar surface area (TPSA) is 35.0 Å². The van der Waals surface area contributed by atoms with Gasteiger partial charge < -0.3 is 4.74 Å². The van der Waals surface area contributed by atoms with Gasteiger partial charge >= 0.3 is 0 Å². The Morgan fingerprint density at radius 1 is 1.54 bits per heavy atom. The summed E-state index contributed by atoms with van der Waals surface area (Å²) in [6, 6.07) is 1.82. The highest BCUT2D eigenvalue weighted by molar-refractivity contribution is 6.20. The zero-order valence-corrected chi connectivity index (χ0v) is 8.58. The van der Waals surface area contributed by atoms with Crippen molar-refractivity contribution in [1.29, 1.82) is 0 Å². The Hall–Kier alpha value is -0.830. The molecular formula is C9H13ClN2O. The van der Waals surface area contributed by atoms with Gasteiger partial charge in [-0.2, -0.15) is 0 Å². The van der Waals surface area contributed by atoms with Crippen molar-refractivity contribution in [2.45, 2.75) is 25.6 Å². The molecule has 72 valence electrons. The van der Waals surface area contributed by atoms with Gasteiger partial charge in [0, 0.05) is 23.6 Å². The average Bonchev–Trinajstić information content (AvgIpc) is 2.04. The Balaban J connectivity index is 2.67. The third-order valence-corrected chi connectivity index (χ3v) is 1.64. The molecule has 1 unspecified atom stereocenters. The van der Waals surface area contributed by atoms with E-state index in [9.17, 15) is 0 Å². The Morgan fingerprint density at radius 2 is 2.31 bits per heavy atom. The zero-order valence-electron chi connectivity index (χ0n) is 7.83. The van der Waals surface area contributed by atoms with E-state index in [4.69, 9.17) is 16.3 Å². The van der Waals surface area contributed by atoms with Crippen molar-refractivity contribution in [3.8, 4) is 5.88 Å². The van der Waals surface area contributed by atoms with Gasteiger partial charge in [0.05, 0.1) is 6.61 Å². The summed E-state index contributed by atoms with van der Waals surface area (Å²) >= 11 is 5.84. The predicted molar refractivity (Wildman–Crippen MR) is 52.2 cm³/mol. The minimum Gasteiger partial charge on any atom is -0.478 e. The van der Waals surface area contributed by atoms with Crippen molar-refractivity contribution < 1.29 is 4.74 Å². The molecule has 0 aliphatic rings. The molecule has 0 amide bonds. The Morgan fingerprint density at radius 3 is 2.92 bits per heavy atom. The van der Waals surface area contributed by atoms with E-state index < -0.39 is 0 Å². The van der Waals surface area contributed by atoms with Crippen LogP contribution >= 0.6 is 11.6 Å². The van der Waals surface area contributed by atoms with Crippen LogP contribution in [0.4, 0.5) is 0 Å². The van der Waals surface area contributed by atoms with Crippen LogP contribution in [0.3, 0.4) is 0 Å². The lowest BCUT2D eigenvalue weighted by Gasteiger charge is -2.04. The van der Waals surface area contributed by atoms with Crippen LogP contribution in [-0.4, -0.2) is 22.0 Å². The summed E-state index contributed by atoms with van der Waals surface area (Å²) < 4.78 is 5.23. The summed E-state index contributed by atoms with van der Waals surface area (Å²) in [6.07, 6.45) is 2.24. The molecule has 0 aromatic carbocycles. The molecule has 1 aromatic rings. The zero-order chi connectivity index (χ0) is 9.68. The quantitative estimate of drug-likeness (QED) is 0.698. The lowest BCUT2D eigenvalue weighted by Crippen LogP contribution is -2.02. The van der Waals surface area contributed by atoms with E-state index in [-0.39, 0.29) is 5.38 Å². The van der Waals surface area contributed by atoms with Crippen molar-refractivity contribution in [1.82, 2.24) is 9.97 Å². The second-order valence-electron chi connectivity index (χ2n) is 2.77. The van der Waals surface area contributed by atoms with Crippen molar-refractivity contribution in [2.24, 2.45) is 0 Å². The molecule has 0 bridgehead atoms. The molecule has 0 saturated carbocycles. The number of aromatic nitrogens is 2. The first kappa shape index (κ1) is 10.3. The molecule has 0 saturated heterocycles. The molecule has 4 heteroatoms. The van der Waals surface area contributed by atoms with Crippen molar-refractivity contribution in [2.75, 3.05) is 6.61 Å². The van der Waals surface area contributed by atoms with Gasteiger partial charge in [0.2, 0.25) is 5.88 Å². The molecule has 13 heavy (non-hydrogen) atoms. The molecular weight excluding hydrogens is 188 g/mol. The molecule has 0 spiro atoms. The molecule has 1 heterocycles. The Labute approximate surface area is 83.1 Å². The van der Waals surface area contributed by atoms with Crippen LogP contribution in [0, 0.1) is 0 Å². The van der Waals surface area contributed by atoms with Crippen molar-refractivity contribution in [3.05, 3.63) is 18.1 Å². The summed E-state index contributed by atoms with van der Waals surface area (Å²) in [5.74, 6) is 0.616. The second-order valence-corrected chi connectivity index (χ2v) is 3.51. The molecule has 0 radical (unpaired) electrons. The molecule has 0 aliphatic carbocycles. The first-order chi connectivity index (χ1) is 6.22. The minimum absolute atomic E-state index is 0.0874. The molecule has 0 aliphatic heterocycles. The van der Waals surface area contributed by atoms with Gasteiger partial charge in [0.15, 0.2) is 0 Å².